The molecule has 0 saturated heterocycles. The van der Waals surface area contributed by atoms with Gasteiger partial charge in [0, 0.05) is 12.5 Å². The van der Waals surface area contributed by atoms with Crippen LogP contribution in [0.5, 0.6) is 0 Å². The van der Waals surface area contributed by atoms with Crippen molar-refractivity contribution in [3.05, 3.63) is 23.1 Å². The van der Waals surface area contributed by atoms with Crippen LogP contribution in [0, 0.1) is 16.7 Å². The molecule has 0 aliphatic heterocycles. The van der Waals surface area contributed by atoms with Crippen LogP contribution in [-0.4, -0.2) is 20.7 Å². The van der Waals surface area contributed by atoms with Crippen molar-refractivity contribution in [1.29, 1.82) is 5.26 Å². The highest BCUT2D eigenvalue weighted by Crippen LogP contribution is 2.50. The molecule has 1 unspecified atom stereocenters. The fraction of sp³-hybridized carbons (Fsp3) is 0.529. The lowest BCUT2D eigenvalue weighted by molar-refractivity contribution is 0.100. The predicted octanol–water partition coefficient (Wildman–Crippen LogP) is 3.27. The largest absolute Gasteiger partial charge is 0.355 e. The molecule has 0 spiro atoms. The molecule has 2 aliphatic rings. The van der Waals surface area contributed by atoms with Crippen LogP contribution in [0.15, 0.2) is 10.7 Å². The molecule has 0 aromatic carbocycles. The van der Waals surface area contributed by atoms with Crippen LogP contribution in [0.4, 0.5) is 0 Å². The first-order valence-electron chi connectivity index (χ1n) is 7.92. The number of aromatic nitrogens is 3. The van der Waals surface area contributed by atoms with E-state index in [4.69, 9.17) is 4.52 Å². The van der Waals surface area contributed by atoms with Crippen LogP contribution in [0.1, 0.15) is 67.3 Å². The minimum Gasteiger partial charge on any atom is -0.355 e. The molecule has 2 aromatic heterocycles. The second-order valence-electron chi connectivity index (χ2n) is 7.12. The van der Waals surface area contributed by atoms with Crippen molar-refractivity contribution in [2.24, 2.45) is 5.41 Å². The normalized spacial score (nSPS) is 28.4. The number of rotatable bonds is 2. The highest BCUT2D eigenvalue weighted by Gasteiger charge is 2.44. The quantitative estimate of drug-likeness (QED) is 0.795. The maximum Gasteiger partial charge on any atom is 0.181 e. The van der Waals surface area contributed by atoms with E-state index in [1.165, 1.54) is 6.92 Å². The third-order valence-corrected chi connectivity index (χ3v) is 5.19. The maximum absolute atomic E-state index is 11.7. The summed E-state index contributed by atoms with van der Waals surface area (Å²) in [6.07, 6.45) is 4.27. The van der Waals surface area contributed by atoms with Crippen LogP contribution in [0.3, 0.4) is 0 Å². The van der Waals surface area contributed by atoms with Gasteiger partial charge in [-0.1, -0.05) is 12.1 Å². The number of carbonyl (C=O) groups excluding carboxylic acids is 1. The zero-order chi connectivity index (χ0) is 16.4. The first-order valence-corrected chi connectivity index (χ1v) is 7.92. The maximum atomic E-state index is 11.7. The molecule has 2 aromatic rings. The van der Waals surface area contributed by atoms with Gasteiger partial charge in [0.15, 0.2) is 17.2 Å². The lowest BCUT2D eigenvalue weighted by atomic mass is 9.68. The minimum absolute atomic E-state index is 0.0681. The summed E-state index contributed by atoms with van der Waals surface area (Å²) in [5.74, 6) is 0.777. The molecule has 1 fully saturated rings. The number of ketones is 1. The first-order chi connectivity index (χ1) is 10.9. The summed E-state index contributed by atoms with van der Waals surface area (Å²) in [7, 11) is 0. The molecule has 6 heteroatoms. The molecule has 6 nitrogen and oxygen atoms in total. The van der Waals surface area contributed by atoms with E-state index in [9.17, 15) is 10.1 Å². The summed E-state index contributed by atoms with van der Waals surface area (Å²) < 4.78 is 7.52. The first kappa shape index (κ1) is 14.2. The predicted molar refractivity (Wildman–Crippen MR) is 81.8 cm³/mol. The fourth-order valence-corrected chi connectivity index (χ4v) is 3.93. The molecule has 2 aliphatic carbocycles. The van der Waals surface area contributed by atoms with E-state index in [1.54, 1.807) is 6.20 Å². The third-order valence-electron chi connectivity index (χ3n) is 5.19. The summed E-state index contributed by atoms with van der Waals surface area (Å²) in [5.41, 5.74) is 3.17. The summed E-state index contributed by atoms with van der Waals surface area (Å²) in [6, 6.07) is 2.65. The molecule has 1 saturated carbocycles. The van der Waals surface area contributed by atoms with E-state index < -0.39 is 0 Å². The summed E-state index contributed by atoms with van der Waals surface area (Å²) in [5, 5.41) is 17.7. The van der Waals surface area contributed by atoms with Gasteiger partial charge in [0.25, 0.3) is 0 Å². The van der Waals surface area contributed by atoms with Crippen LogP contribution >= 0.6 is 0 Å². The molecule has 0 N–H and O–H groups in total. The van der Waals surface area contributed by atoms with Gasteiger partial charge < -0.3 is 4.52 Å². The number of Topliss-reactive ketones (excluding diaryl/α,β-unsaturated/α-hetero) is 1. The zero-order valence-corrected chi connectivity index (χ0v) is 13.5. The van der Waals surface area contributed by atoms with Gasteiger partial charge in [-0.3, -0.25) is 9.48 Å². The lowest BCUT2D eigenvalue weighted by Crippen LogP contribution is -2.36. The second kappa shape index (κ2) is 4.54. The second-order valence-corrected chi connectivity index (χ2v) is 7.12. The summed E-state index contributed by atoms with van der Waals surface area (Å²) >= 11 is 0. The Bertz CT molecular complexity index is 849. The number of hydrogen-bond donors (Lipinski definition) is 0. The number of nitrogens with zero attached hydrogens (tertiary/aromatic N) is 4. The summed E-state index contributed by atoms with van der Waals surface area (Å²) in [4.78, 5) is 11.7. The number of nitriles is 1. The SMILES string of the molecule is CC(=O)c1noc2c1C(C)Cc1c-2cnn1C1CC(C)(C#N)C1. The van der Waals surface area contributed by atoms with Gasteiger partial charge in [0.1, 0.15) is 0 Å². The Balaban J connectivity index is 1.75. The molecule has 23 heavy (non-hydrogen) atoms. The molecule has 0 amide bonds. The van der Waals surface area contributed by atoms with Gasteiger partial charge in [-0.2, -0.15) is 10.4 Å². The highest BCUT2D eigenvalue weighted by molar-refractivity contribution is 5.95. The molecular weight excluding hydrogens is 292 g/mol. The van der Waals surface area contributed by atoms with Crippen LogP contribution in [-0.2, 0) is 6.42 Å². The average Bonchev–Trinajstić information content (AvgIpc) is 3.07. The highest BCUT2D eigenvalue weighted by atomic mass is 16.5. The van der Waals surface area contributed by atoms with Crippen molar-refractivity contribution in [2.75, 3.05) is 0 Å². The van der Waals surface area contributed by atoms with Crippen molar-refractivity contribution < 1.29 is 9.32 Å². The van der Waals surface area contributed by atoms with Gasteiger partial charge in [-0.15, -0.1) is 0 Å². The molecule has 118 valence electrons. The smallest absolute Gasteiger partial charge is 0.181 e. The Kier molecular flexibility index (Phi) is 2.80. The van der Waals surface area contributed by atoms with Crippen molar-refractivity contribution in [3.63, 3.8) is 0 Å². The van der Waals surface area contributed by atoms with Gasteiger partial charge in [0.2, 0.25) is 0 Å². The molecule has 0 radical (unpaired) electrons. The third kappa shape index (κ3) is 1.89. The minimum atomic E-state index is -0.233. The van der Waals surface area contributed by atoms with Crippen LogP contribution < -0.4 is 0 Å². The lowest BCUT2D eigenvalue weighted by Gasteiger charge is -2.40. The number of hydrogen-bond acceptors (Lipinski definition) is 5. The van der Waals surface area contributed by atoms with Crippen molar-refractivity contribution >= 4 is 5.78 Å². The monoisotopic (exact) mass is 310 g/mol. The van der Waals surface area contributed by atoms with E-state index in [0.29, 0.717) is 11.5 Å². The van der Waals surface area contributed by atoms with Crippen LogP contribution in [0.2, 0.25) is 0 Å². The van der Waals surface area contributed by atoms with Crippen LogP contribution in [0.25, 0.3) is 11.3 Å². The molecule has 2 heterocycles. The van der Waals surface area contributed by atoms with E-state index in [2.05, 4.69) is 23.2 Å². The Morgan fingerprint density at radius 2 is 2.26 bits per heavy atom. The van der Waals surface area contributed by atoms with Crippen molar-refractivity contribution in [1.82, 2.24) is 14.9 Å². The van der Waals surface area contributed by atoms with E-state index >= 15 is 0 Å². The Labute approximate surface area is 134 Å². The number of carbonyl (C=O) groups is 1. The van der Waals surface area contributed by atoms with Crippen molar-refractivity contribution in [3.8, 4) is 17.4 Å². The Hall–Kier alpha value is -2.42. The molecule has 4 rings (SSSR count). The van der Waals surface area contributed by atoms with Gasteiger partial charge >= 0.3 is 0 Å². The Morgan fingerprint density at radius 3 is 2.91 bits per heavy atom. The van der Waals surface area contributed by atoms with Gasteiger partial charge in [-0.25, -0.2) is 0 Å². The number of fused-ring (bicyclic) bond motifs is 3. The molecule has 0 bridgehead atoms. The van der Waals surface area contributed by atoms with Gasteiger partial charge in [0.05, 0.1) is 35.0 Å². The standard InChI is InChI=1S/C17H18N4O2/c1-9-4-13-12(16-14(9)15(10(2)22)20-23-16)7-19-21(13)11-5-17(3,6-11)8-18/h7,9,11H,4-6H2,1-3H3. The average molecular weight is 310 g/mol. The Morgan fingerprint density at radius 1 is 1.52 bits per heavy atom. The molecule has 1 atom stereocenters. The van der Waals surface area contributed by atoms with E-state index in [0.717, 1.165) is 36.1 Å². The topological polar surface area (TPSA) is 84.7 Å². The fourth-order valence-electron chi connectivity index (χ4n) is 3.93. The summed E-state index contributed by atoms with van der Waals surface area (Å²) in [6.45, 7) is 5.60. The van der Waals surface area contributed by atoms with E-state index in [-0.39, 0.29) is 23.2 Å². The van der Waals surface area contributed by atoms with Gasteiger partial charge in [-0.05, 0) is 32.1 Å². The zero-order valence-electron chi connectivity index (χ0n) is 13.5. The van der Waals surface area contributed by atoms with E-state index in [1.807, 2.05) is 11.6 Å². The van der Waals surface area contributed by atoms with Crippen molar-refractivity contribution in [2.45, 2.75) is 52.0 Å². The molecular formula is C17H18N4O2.